The zero-order chi connectivity index (χ0) is 12.1. The van der Waals surface area contributed by atoms with Crippen molar-refractivity contribution in [1.29, 1.82) is 0 Å². The maximum atomic E-state index is 13.3. The molecule has 1 aromatic rings. The number of alkyl halides is 1. The normalized spacial score (nSPS) is 12.3. The van der Waals surface area contributed by atoms with E-state index in [2.05, 4.69) is 4.84 Å². The monoisotopic (exact) mass is 229 g/mol. The van der Waals surface area contributed by atoms with Crippen molar-refractivity contribution in [3.05, 3.63) is 23.3 Å². The number of nitrogens with two attached hydrogens (primary N) is 1. The minimum absolute atomic E-state index is 0.160. The summed E-state index contributed by atoms with van der Waals surface area (Å²) in [6.45, 7) is 1.60. The van der Waals surface area contributed by atoms with Crippen LogP contribution in [0.25, 0.3) is 0 Å². The van der Waals surface area contributed by atoms with Crippen molar-refractivity contribution in [3.8, 4) is 11.5 Å². The van der Waals surface area contributed by atoms with Crippen molar-refractivity contribution in [2.24, 2.45) is 5.90 Å². The molecule has 0 saturated heterocycles. The molecule has 1 atom stereocenters. The molecule has 2 N–H and O–H groups in total. The summed E-state index contributed by atoms with van der Waals surface area (Å²) in [6.07, 6.45) is -1.13. The van der Waals surface area contributed by atoms with Crippen LogP contribution in [0.2, 0.25) is 0 Å². The smallest absolute Gasteiger partial charge is 0.128 e. The fraction of sp³-hybridized carbons (Fsp3) is 0.455. The van der Waals surface area contributed by atoms with E-state index in [-0.39, 0.29) is 6.61 Å². The zero-order valence-corrected chi connectivity index (χ0v) is 9.62. The molecule has 0 amide bonds. The van der Waals surface area contributed by atoms with Crippen LogP contribution in [-0.4, -0.2) is 14.2 Å². The molecular weight excluding hydrogens is 213 g/mol. The molecular formula is C11H16FNO3. The Kier molecular flexibility index (Phi) is 4.52. The standard InChI is InChI=1S/C11H16FNO3/c1-7(12)9-4-8(6-16-13)10(14-2)5-11(9)15-3/h4-5,7H,6,13H2,1-3H3. The molecule has 0 aliphatic heterocycles. The lowest BCUT2D eigenvalue weighted by molar-refractivity contribution is 0.122. The van der Waals surface area contributed by atoms with Gasteiger partial charge in [-0.25, -0.2) is 10.3 Å². The Morgan fingerprint density at radius 3 is 2.31 bits per heavy atom. The molecule has 0 spiro atoms. The fourth-order valence-corrected chi connectivity index (χ4v) is 1.51. The van der Waals surface area contributed by atoms with Gasteiger partial charge in [-0.1, -0.05) is 0 Å². The first-order valence-corrected chi connectivity index (χ1v) is 4.84. The highest BCUT2D eigenvalue weighted by atomic mass is 19.1. The number of hydrogen-bond acceptors (Lipinski definition) is 4. The topological polar surface area (TPSA) is 53.7 Å². The highest BCUT2D eigenvalue weighted by molar-refractivity contribution is 5.47. The zero-order valence-electron chi connectivity index (χ0n) is 9.62. The molecule has 0 aromatic heterocycles. The minimum Gasteiger partial charge on any atom is -0.496 e. The van der Waals surface area contributed by atoms with E-state index in [1.807, 2.05) is 0 Å². The Morgan fingerprint density at radius 2 is 1.88 bits per heavy atom. The molecule has 90 valence electrons. The maximum Gasteiger partial charge on any atom is 0.128 e. The molecule has 0 aliphatic rings. The lowest BCUT2D eigenvalue weighted by Gasteiger charge is -2.14. The highest BCUT2D eigenvalue weighted by Gasteiger charge is 2.15. The summed E-state index contributed by atoms with van der Waals surface area (Å²) in [5.41, 5.74) is 1.14. The number of ether oxygens (including phenoxy) is 2. The van der Waals surface area contributed by atoms with E-state index in [1.165, 1.54) is 21.1 Å². The minimum atomic E-state index is -1.13. The van der Waals surface area contributed by atoms with E-state index in [0.29, 0.717) is 22.6 Å². The Labute approximate surface area is 94.1 Å². The van der Waals surface area contributed by atoms with Crippen LogP contribution < -0.4 is 15.4 Å². The number of halogens is 1. The van der Waals surface area contributed by atoms with Crippen LogP contribution in [0, 0.1) is 0 Å². The van der Waals surface area contributed by atoms with Crippen LogP contribution in [0.15, 0.2) is 12.1 Å². The first-order chi connectivity index (χ1) is 7.63. The molecule has 16 heavy (non-hydrogen) atoms. The Morgan fingerprint density at radius 1 is 1.25 bits per heavy atom. The van der Waals surface area contributed by atoms with Gasteiger partial charge in [0.15, 0.2) is 0 Å². The van der Waals surface area contributed by atoms with Crippen molar-refractivity contribution < 1.29 is 18.7 Å². The molecule has 1 unspecified atom stereocenters. The fourth-order valence-electron chi connectivity index (χ4n) is 1.51. The summed E-state index contributed by atoms with van der Waals surface area (Å²) < 4.78 is 23.6. The second-order valence-electron chi connectivity index (χ2n) is 3.33. The summed E-state index contributed by atoms with van der Waals surface area (Å²) in [6, 6.07) is 3.26. The SMILES string of the molecule is COc1cc(OC)c(C(C)F)cc1CON. The van der Waals surface area contributed by atoms with E-state index in [0.717, 1.165) is 0 Å². The molecule has 0 bridgehead atoms. The Bertz CT molecular complexity index is 355. The van der Waals surface area contributed by atoms with E-state index in [9.17, 15) is 4.39 Å². The van der Waals surface area contributed by atoms with Gasteiger partial charge in [-0.05, 0) is 13.0 Å². The van der Waals surface area contributed by atoms with Crippen LogP contribution in [0.3, 0.4) is 0 Å². The van der Waals surface area contributed by atoms with Gasteiger partial charge in [0.2, 0.25) is 0 Å². The lowest BCUT2D eigenvalue weighted by Crippen LogP contribution is -2.04. The van der Waals surface area contributed by atoms with Crippen molar-refractivity contribution >= 4 is 0 Å². The summed E-state index contributed by atoms with van der Waals surface area (Å²) in [5, 5.41) is 0. The molecule has 1 aromatic carbocycles. The van der Waals surface area contributed by atoms with Gasteiger partial charge in [0.25, 0.3) is 0 Å². The van der Waals surface area contributed by atoms with Gasteiger partial charge in [-0.15, -0.1) is 0 Å². The predicted molar refractivity (Wildman–Crippen MR) is 58.0 cm³/mol. The first kappa shape index (κ1) is 12.7. The molecule has 1 rings (SSSR count). The van der Waals surface area contributed by atoms with E-state index in [4.69, 9.17) is 15.4 Å². The maximum absolute atomic E-state index is 13.3. The van der Waals surface area contributed by atoms with E-state index in [1.54, 1.807) is 12.1 Å². The van der Waals surface area contributed by atoms with Crippen molar-refractivity contribution in [2.45, 2.75) is 19.7 Å². The summed E-state index contributed by atoms with van der Waals surface area (Å²) in [4.78, 5) is 4.54. The van der Waals surface area contributed by atoms with Gasteiger partial charge in [0.1, 0.15) is 17.7 Å². The summed E-state index contributed by atoms with van der Waals surface area (Å²) in [5.74, 6) is 6.01. The number of hydrogen-bond donors (Lipinski definition) is 1. The summed E-state index contributed by atoms with van der Waals surface area (Å²) >= 11 is 0. The number of rotatable bonds is 5. The third-order valence-electron chi connectivity index (χ3n) is 2.30. The van der Waals surface area contributed by atoms with Gasteiger partial charge in [0.05, 0.1) is 20.8 Å². The average Bonchev–Trinajstić information content (AvgIpc) is 2.28. The van der Waals surface area contributed by atoms with E-state index >= 15 is 0 Å². The second kappa shape index (κ2) is 5.67. The van der Waals surface area contributed by atoms with Crippen molar-refractivity contribution in [3.63, 3.8) is 0 Å². The molecule has 0 heterocycles. The van der Waals surface area contributed by atoms with Gasteiger partial charge >= 0.3 is 0 Å². The first-order valence-electron chi connectivity index (χ1n) is 4.84. The molecule has 0 fully saturated rings. The number of methoxy groups -OCH3 is 2. The third kappa shape index (κ3) is 2.62. The molecule has 0 aliphatic carbocycles. The van der Waals surface area contributed by atoms with Crippen molar-refractivity contribution in [1.82, 2.24) is 0 Å². The average molecular weight is 229 g/mol. The molecule has 4 nitrogen and oxygen atoms in total. The Balaban J connectivity index is 3.23. The Hall–Kier alpha value is -1.33. The van der Waals surface area contributed by atoms with Gasteiger partial charge in [0, 0.05) is 17.2 Å². The lowest BCUT2D eigenvalue weighted by atomic mass is 10.1. The summed E-state index contributed by atoms with van der Waals surface area (Å²) in [7, 11) is 3.01. The van der Waals surface area contributed by atoms with Crippen LogP contribution in [-0.2, 0) is 11.4 Å². The number of benzene rings is 1. The van der Waals surface area contributed by atoms with Crippen LogP contribution in [0.1, 0.15) is 24.2 Å². The molecule has 5 heteroatoms. The van der Waals surface area contributed by atoms with Crippen molar-refractivity contribution in [2.75, 3.05) is 14.2 Å². The second-order valence-corrected chi connectivity index (χ2v) is 3.33. The van der Waals surface area contributed by atoms with Crippen LogP contribution in [0.4, 0.5) is 4.39 Å². The van der Waals surface area contributed by atoms with Gasteiger partial charge in [-0.2, -0.15) is 0 Å². The highest BCUT2D eigenvalue weighted by Crippen LogP contribution is 2.34. The van der Waals surface area contributed by atoms with Gasteiger partial charge in [-0.3, -0.25) is 4.84 Å². The predicted octanol–water partition coefficient (Wildman–Crippen LogP) is 2.12. The van der Waals surface area contributed by atoms with E-state index < -0.39 is 6.17 Å². The quantitative estimate of drug-likeness (QED) is 0.786. The van der Waals surface area contributed by atoms with Gasteiger partial charge < -0.3 is 9.47 Å². The molecule has 0 saturated carbocycles. The van der Waals surface area contributed by atoms with Crippen LogP contribution >= 0.6 is 0 Å². The largest absolute Gasteiger partial charge is 0.496 e. The van der Waals surface area contributed by atoms with Crippen LogP contribution in [0.5, 0.6) is 11.5 Å². The molecule has 0 radical (unpaired) electrons. The third-order valence-corrected chi connectivity index (χ3v) is 2.30.